The van der Waals surface area contributed by atoms with Gasteiger partial charge >= 0.3 is 12.1 Å². The fourth-order valence-electron chi connectivity index (χ4n) is 5.26. The summed E-state index contributed by atoms with van der Waals surface area (Å²) in [6.07, 6.45) is 3.44. The number of carbonyl (C=O) groups is 4. The molecule has 0 spiro atoms. The van der Waals surface area contributed by atoms with E-state index in [0.29, 0.717) is 45.1 Å². The number of piperidine rings is 1. The normalized spacial score (nSPS) is 25.5. The number of nitrogens with zero attached hydrogens (tertiary/aromatic N) is 2. The molecule has 3 aliphatic rings. The quantitative estimate of drug-likeness (QED) is 0.550. The van der Waals surface area contributed by atoms with Gasteiger partial charge in [0.2, 0.25) is 5.91 Å². The Labute approximate surface area is 218 Å². The summed E-state index contributed by atoms with van der Waals surface area (Å²) in [7, 11) is 0. The molecule has 1 saturated carbocycles. The van der Waals surface area contributed by atoms with Gasteiger partial charge in [0.05, 0.1) is 12.6 Å². The van der Waals surface area contributed by atoms with E-state index < -0.39 is 17.7 Å². The fourth-order valence-corrected chi connectivity index (χ4v) is 5.26. The molecule has 202 valence electrons. The minimum atomic E-state index is -0.601. The van der Waals surface area contributed by atoms with Gasteiger partial charge in [0.15, 0.2) is 5.78 Å². The van der Waals surface area contributed by atoms with E-state index in [0.717, 1.165) is 5.56 Å². The summed E-state index contributed by atoms with van der Waals surface area (Å²) < 4.78 is 5.30. The van der Waals surface area contributed by atoms with Gasteiger partial charge in [-0.3, -0.25) is 14.4 Å². The maximum absolute atomic E-state index is 12.9. The van der Waals surface area contributed by atoms with Crippen molar-refractivity contribution in [1.82, 2.24) is 20.6 Å². The third-order valence-corrected chi connectivity index (χ3v) is 7.18. The number of fused-ring (bicyclic) bond motifs is 2. The first-order valence-electron chi connectivity index (χ1n) is 13.2. The number of hydrogen-bond donors (Lipinski definition) is 2. The standard InChI is InChI=1S/C27H38N4O6/c1-27(2,3)37-25(34)29-20-11-9-19(10-12-20)23(32)15-28-24(33)22-14-13-21-16-30(22)26(35)31(21)36-17-18-7-5-4-6-8-18/h4-8,19-22H,9-17H2,1-3H3,(H,28,33)(H,29,34)/t19?,20?,21-,22+/m1/s1. The number of carbonyl (C=O) groups excluding carboxylic acids is 4. The lowest BCUT2D eigenvalue weighted by Gasteiger charge is -2.30. The summed E-state index contributed by atoms with van der Waals surface area (Å²) in [6.45, 7) is 6.13. The van der Waals surface area contributed by atoms with Crippen molar-refractivity contribution >= 4 is 23.8 Å². The van der Waals surface area contributed by atoms with Crippen LogP contribution in [0.5, 0.6) is 0 Å². The Morgan fingerprint density at radius 1 is 1.00 bits per heavy atom. The smallest absolute Gasteiger partial charge is 0.407 e. The van der Waals surface area contributed by atoms with E-state index in [-0.39, 0.29) is 48.9 Å². The molecule has 37 heavy (non-hydrogen) atoms. The largest absolute Gasteiger partial charge is 0.444 e. The summed E-state index contributed by atoms with van der Waals surface area (Å²) in [5.41, 5.74) is 0.413. The first-order valence-corrected chi connectivity index (χ1v) is 13.2. The van der Waals surface area contributed by atoms with Crippen LogP contribution in [0, 0.1) is 5.92 Å². The highest BCUT2D eigenvalue weighted by molar-refractivity contribution is 5.92. The Morgan fingerprint density at radius 2 is 1.70 bits per heavy atom. The molecule has 2 saturated heterocycles. The van der Waals surface area contributed by atoms with E-state index in [1.807, 2.05) is 51.1 Å². The fraction of sp³-hybridized carbons (Fsp3) is 0.630. The maximum Gasteiger partial charge on any atom is 0.407 e. The Bertz CT molecular complexity index is 986. The molecule has 2 N–H and O–H groups in total. The van der Waals surface area contributed by atoms with Crippen LogP contribution in [0.1, 0.15) is 64.9 Å². The van der Waals surface area contributed by atoms with Gasteiger partial charge in [-0.05, 0) is 64.9 Å². The van der Waals surface area contributed by atoms with Crippen LogP contribution in [0.15, 0.2) is 30.3 Å². The average Bonchev–Trinajstić information content (AvgIpc) is 3.10. The highest BCUT2D eigenvalue weighted by Crippen LogP contribution is 2.31. The Hall–Kier alpha value is -3.14. The van der Waals surface area contributed by atoms with Crippen molar-refractivity contribution in [2.24, 2.45) is 5.92 Å². The molecule has 4 amide bonds. The summed E-state index contributed by atoms with van der Waals surface area (Å²) in [6, 6.07) is 8.63. The van der Waals surface area contributed by atoms with Crippen LogP contribution in [-0.4, -0.2) is 70.6 Å². The number of hydroxylamine groups is 2. The van der Waals surface area contributed by atoms with Gasteiger partial charge in [0.25, 0.3) is 0 Å². The second-order valence-corrected chi connectivity index (χ2v) is 11.1. The van der Waals surface area contributed by atoms with Crippen molar-refractivity contribution in [1.29, 1.82) is 0 Å². The van der Waals surface area contributed by atoms with Crippen LogP contribution in [0.25, 0.3) is 0 Å². The number of benzene rings is 1. The number of amides is 4. The van der Waals surface area contributed by atoms with E-state index in [2.05, 4.69) is 10.6 Å². The Balaban J connectivity index is 1.19. The summed E-state index contributed by atoms with van der Waals surface area (Å²) in [5.74, 6) is -0.466. The molecule has 0 aromatic heterocycles. The zero-order valence-corrected chi connectivity index (χ0v) is 21.9. The molecular formula is C27H38N4O6. The van der Waals surface area contributed by atoms with Crippen LogP contribution in [0.3, 0.4) is 0 Å². The highest BCUT2D eigenvalue weighted by atomic mass is 16.7. The molecule has 3 fully saturated rings. The predicted molar refractivity (Wildman–Crippen MR) is 135 cm³/mol. The number of alkyl carbamates (subject to hydrolysis) is 1. The molecule has 2 heterocycles. The maximum atomic E-state index is 12.9. The SMILES string of the molecule is CC(C)(C)OC(=O)NC1CCC(C(=O)CNC(=O)[C@@H]2CC[C@@H]3CN2C(=O)N3OCc2ccccc2)CC1. The van der Waals surface area contributed by atoms with E-state index in [9.17, 15) is 19.2 Å². The lowest BCUT2D eigenvalue weighted by Crippen LogP contribution is -2.51. The third-order valence-electron chi connectivity index (χ3n) is 7.18. The van der Waals surface area contributed by atoms with Crippen LogP contribution in [0.4, 0.5) is 9.59 Å². The first-order chi connectivity index (χ1) is 17.6. The second kappa shape index (κ2) is 11.5. The number of hydrogen-bond acceptors (Lipinski definition) is 6. The highest BCUT2D eigenvalue weighted by Gasteiger charge is 2.48. The molecule has 0 unspecified atom stereocenters. The van der Waals surface area contributed by atoms with Crippen LogP contribution in [0.2, 0.25) is 0 Å². The number of ketones is 1. The molecule has 2 bridgehead atoms. The topological polar surface area (TPSA) is 117 Å². The van der Waals surface area contributed by atoms with Crippen LogP contribution < -0.4 is 10.6 Å². The van der Waals surface area contributed by atoms with E-state index >= 15 is 0 Å². The van der Waals surface area contributed by atoms with Crippen molar-refractivity contribution in [2.45, 2.75) is 89.6 Å². The van der Waals surface area contributed by atoms with Gasteiger partial charge in [-0.1, -0.05) is 30.3 Å². The van der Waals surface area contributed by atoms with Gasteiger partial charge in [0.1, 0.15) is 18.2 Å². The predicted octanol–water partition coefficient (Wildman–Crippen LogP) is 3.16. The lowest BCUT2D eigenvalue weighted by atomic mass is 9.83. The van der Waals surface area contributed by atoms with E-state index in [1.54, 1.807) is 4.90 Å². The number of ether oxygens (including phenoxy) is 1. The zero-order chi connectivity index (χ0) is 26.6. The summed E-state index contributed by atoms with van der Waals surface area (Å²) >= 11 is 0. The zero-order valence-electron chi connectivity index (χ0n) is 21.9. The second-order valence-electron chi connectivity index (χ2n) is 11.1. The third kappa shape index (κ3) is 7.00. The molecular weight excluding hydrogens is 476 g/mol. The number of nitrogens with one attached hydrogen (secondary N) is 2. The molecule has 2 aliphatic heterocycles. The molecule has 2 atom stereocenters. The van der Waals surface area contributed by atoms with Gasteiger partial charge < -0.3 is 20.3 Å². The average molecular weight is 515 g/mol. The van der Waals surface area contributed by atoms with Crippen molar-refractivity contribution in [3.63, 3.8) is 0 Å². The molecule has 0 radical (unpaired) electrons. The summed E-state index contributed by atoms with van der Waals surface area (Å²) in [4.78, 5) is 57.9. The minimum absolute atomic E-state index is 0.0154. The number of Topliss-reactive ketones (excluding diaryl/α,β-unsaturated/α-hetero) is 1. The molecule has 10 nitrogen and oxygen atoms in total. The van der Waals surface area contributed by atoms with Gasteiger partial charge in [-0.15, -0.1) is 0 Å². The molecule has 1 aliphatic carbocycles. The van der Waals surface area contributed by atoms with E-state index in [1.165, 1.54) is 5.06 Å². The van der Waals surface area contributed by atoms with Gasteiger partial charge in [-0.2, -0.15) is 5.06 Å². The van der Waals surface area contributed by atoms with Crippen molar-refractivity contribution in [3.8, 4) is 0 Å². The summed E-state index contributed by atoms with van der Waals surface area (Å²) in [5, 5.41) is 7.04. The molecule has 4 rings (SSSR count). The molecule has 10 heteroatoms. The van der Waals surface area contributed by atoms with Crippen LogP contribution >= 0.6 is 0 Å². The first kappa shape index (κ1) is 26.9. The van der Waals surface area contributed by atoms with Crippen molar-refractivity contribution in [2.75, 3.05) is 13.1 Å². The minimum Gasteiger partial charge on any atom is -0.444 e. The van der Waals surface area contributed by atoms with Crippen molar-refractivity contribution in [3.05, 3.63) is 35.9 Å². The van der Waals surface area contributed by atoms with Crippen LogP contribution in [-0.2, 0) is 25.8 Å². The number of urea groups is 1. The van der Waals surface area contributed by atoms with Gasteiger partial charge in [0, 0.05) is 18.5 Å². The number of rotatable bonds is 8. The van der Waals surface area contributed by atoms with Gasteiger partial charge in [-0.25, -0.2) is 9.59 Å². The monoisotopic (exact) mass is 514 g/mol. The van der Waals surface area contributed by atoms with E-state index in [4.69, 9.17) is 9.57 Å². The lowest BCUT2D eigenvalue weighted by molar-refractivity contribution is -0.140. The Kier molecular flexibility index (Phi) is 8.36. The molecule has 1 aromatic rings. The van der Waals surface area contributed by atoms with Crippen molar-refractivity contribution < 1.29 is 28.8 Å². The Morgan fingerprint density at radius 3 is 2.38 bits per heavy atom. The molecule has 1 aromatic carbocycles.